The van der Waals surface area contributed by atoms with E-state index in [1.807, 2.05) is 36.1 Å². The van der Waals surface area contributed by atoms with Crippen LogP contribution in [0.5, 0.6) is 0 Å². The summed E-state index contributed by atoms with van der Waals surface area (Å²) in [6.07, 6.45) is -0.295. The van der Waals surface area contributed by atoms with Gasteiger partial charge in [0.25, 0.3) is 5.91 Å². The molecule has 23 heavy (non-hydrogen) atoms. The summed E-state index contributed by atoms with van der Waals surface area (Å²) in [7, 11) is 0. The fourth-order valence-corrected chi connectivity index (χ4v) is 3.95. The zero-order valence-corrected chi connectivity index (χ0v) is 14.2. The molecule has 2 aromatic rings. The number of benzene rings is 1. The van der Waals surface area contributed by atoms with Crippen molar-refractivity contribution in [2.75, 3.05) is 32.8 Å². The largest absolute Gasteiger partial charge is 0.450 e. The number of thiophene rings is 1. The lowest BCUT2D eigenvalue weighted by molar-refractivity contribution is 0.0572. The van der Waals surface area contributed by atoms with Gasteiger partial charge >= 0.3 is 6.09 Å². The first-order valence-corrected chi connectivity index (χ1v) is 8.62. The molecule has 6 heteroatoms. The Labute approximate surface area is 139 Å². The Balaban J connectivity index is 1.74. The summed E-state index contributed by atoms with van der Waals surface area (Å²) in [5.74, 6) is 0.0588. The van der Waals surface area contributed by atoms with Crippen molar-refractivity contribution in [1.82, 2.24) is 9.80 Å². The second kappa shape index (κ2) is 6.58. The first-order valence-electron chi connectivity index (χ1n) is 7.81. The van der Waals surface area contributed by atoms with Crippen LogP contribution in [0.25, 0.3) is 10.1 Å². The highest BCUT2D eigenvalue weighted by Gasteiger charge is 2.27. The molecule has 0 radical (unpaired) electrons. The molecular weight excluding hydrogens is 312 g/mol. The van der Waals surface area contributed by atoms with E-state index in [-0.39, 0.29) is 12.0 Å². The molecule has 122 valence electrons. The van der Waals surface area contributed by atoms with Gasteiger partial charge < -0.3 is 14.5 Å². The third kappa shape index (κ3) is 3.03. The molecule has 1 aliphatic rings. The Kier molecular flexibility index (Phi) is 4.52. The molecule has 0 atom stereocenters. The molecule has 2 heterocycles. The van der Waals surface area contributed by atoms with E-state index in [0.29, 0.717) is 32.8 Å². The summed E-state index contributed by atoms with van der Waals surface area (Å²) >= 11 is 1.65. The van der Waals surface area contributed by atoms with Crippen LogP contribution in [0.15, 0.2) is 24.3 Å². The van der Waals surface area contributed by atoms with E-state index in [1.54, 1.807) is 23.2 Å². The van der Waals surface area contributed by atoms with Gasteiger partial charge in [-0.25, -0.2) is 4.79 Å². The monoisotopic (exact) mass is 332 g/mol. The molecule has 0 saturated carbocycles. The predicted molar refractivity (Wildman–Crippen MR) is 91.1 cm³/mol. The highest BCUT2D eigenvalue weighted by molar-refractivity contribution is 7.19. The molecule has 1 aliphatic heterocycles. The third-order valence-corrected chi connectivity index (χ3v) is 5.16. The number of fused-ring (bicyclic) bond motifs is 1. The van der Waals surface area contributed by atoms with E-state index < -0.39 is 0 Å². The lowest BCUT2D eigenvalue weighted by atomic mass is 10.1. The van der Waals surface area contributed by atoms with Crippen LogP contribution < -0.4 is 0 Å². The molecule has 0 aliphatic carbocycles. The molecule has 0 N–H and O–H groups in total. The average Bonchev–Trinajstić information content (AvgIpc) is 2.90. The summed E-state index contributed by atoms with van der Waals surface area (Å²) in [4.78, 5) is 29.2. The minimum absolute atomic E-state index is 0.0588. The van der Waals surface area contributed by atoms with Crippen LogP contribution in [0.4, 0.5) is 4.79 Å². The smallest absolute Gasteiger partial charge is 0.409 e. The maximum Gasteiger partial charge on any atom is 0.409 e. The number of nitrogens with zero attached hydrogens (tertiary/aromatic N) is 2. The predicted octanol–water partition coefficient (Wildman–Crippen LogP) is 3.12. The second-order valence-corrected chi connectivity index (χ2v) is 6.76. The Bertz CT molecular complexity index is 733. The first kappa shape index (κ1) is 15.8. The molecule has 1 aromatic heterocycles. The van der Waals surface area contributed by atoms with E-state index in [0.717, 1.165) is 20.5 Å². The fourth-order valence-electron chi connectivity index (χ4n) is 2.90. The zero-order valence-electron chi connectivity index (χ0n) is 13.4. The van der Waals surface area contributed by atoms with Crippen LogP contribution in [-0.2, 0) is 4.74 Å². The van der Waals surface area contributed by atoms with E-state index in [9.17, 15) is 9.59 Å². The average molecular weight is 332 g/mol. The number of carbonyl (C=O) groups is 2. The Morgan fingerprint density at radius 2 is 1.78 bits per heavy atom. The molecule has 5 nitrogen and oxygen atoms in total. The van der Waals surface area contributed by atoms with E-state index in [4.69, 9.17) is 4.74 Å². The van der Waals surface area contributed by atoms with Crippen molar-refractivity contribution >= 4 is 33.4 Å². The van der Waals surface area contributed by atoms with Crippen molar-refractivity contribution in [3.63, 3.8) is 0 Å². The summed E-state index contributed by atoms with van der Waals surface area (Å²) < 4.78 is 6.15. The minimum Gasteiger partial charge on any atom is -0.450 e. The van der Waals surface area contributed by atoms with Crippen molar-refractivity contribution in [2.45, 2.75) is 13.8 Å². The van der Waals surface area contributed by atoms with Gasteiger partial charge in [-0.2, -0.15) is 0 Å². The Hall–Kier alpha value is -2.08. The number of rotatable bonds is 2. The van der Waals surface area contributed by atoms with Gasteiger partial charge in [-0.05, 0) is 19.9 Å². The normalized spacial score (nSPS) is 15.0. The summed E-state index contributed by atoms with van der Waals surface area (Å²) in [5, 5.41) is 1.02. The molecule has 1 saturated heterocycles. The van der Waals surface area contributed by atoms with E-state index >= 15 is 0 Å². The topological polar surface area (TPSA) is 49.9 Å². The van der Waals surface area contributed by atoms with Gasteiger partial charge in [-0.3, -0.25) is 4.79 Å². The number of hydrogen-bond acceptors (Lipinski definition) is 4. The van der Waals surface area contributed by atoms with Gasteiger partial charge in [0, 0.05) is 41.1 Å². The maximum absolute atomic E-state index is 12.9. The maximum atomic E-state index is 12.9. The molecule has 3 rings (SSSR count). The van der Waals surface area contributed by atoms with E-state index in [2.05, 4.69) is 0 Å². The molecule has 0 unspecified atom stereocenters. The minimum atomic E-state index is -0.295. The molecule has 0 spiro atoms. The van der Waals surface area contributed by atoms with Crippen LogP contribution in [0.2, 0.25) is 0 Å². The fraction of sp³-hybridized carbons (Fsp3) is 0.412. The van der Waals surface area contributed by atoms with Gasteiger partial charge in [0.2, 0.25) is 0 Å². The SMILES string of the molecule is CCOC(=O)N1CCN(C(=O)c2c(C)sc3ccccc23)CC1. The van der Waals surface area contributed by atoms with Crippen molar-refractivity contribution < 1.29 is 14.3 Å². The number of hydrogen-bond donors (Lipinski definition) is 0. The highest BCUT2D eigenvalue weighted by Crippen LogP contribution is 2.31. The second-order valence-electron chi connectivity index (χ2n) is 5.51. The van der Waals surface area contributed by atoms with E-state index in [1.165, 1.54) is 0 Å². The van der Waals surface area contributed by atoms with Crippen molar-refractivity contribution in [3.05, 3.63) is 34.7 Å². The highest BCUT2D eigenvalue weighted by atomic mass is 32.1. The van der Waals surface area contributed by atoms with Crippen molar-refractivity contribution in [1.29, 1.82) is 0 Å². The lowest BCUT2D eigenvalue weighted by Gasteiger charge is -2.34. The number of aryl methyl sites for hydroxylation is 1. The number of ether oxygens (including phenoxy) is 1. The summed E-state index contributed by atoms with van der Waals surface area (Å²) in [6.45, 7) is 6.28. The number of amides is 2. The molecule has 1 aromatic carbocycles. The zero-order chi connectivity index (χ0) is 16.4. The van der Waals surface area contributed by atoms with Crippen LogP contribution in [-0.4, -0.2) is 54.6 Å². The van der Waals surface area contributed by atoms with Gasteiger partial charge in [0.05, 0.1) is 12.2 Å². The number of piperazine rings is 1. The van der Waals surface area contributed by atoms with Crippen LogP contribution in [0.1, 0.15) is 22.2 Å². The summed E-state index contributed by atoms with van der Waals surface area (Å²) in [5.41, 5.74) is 0.801. The third-order valence-electron chi connectivity index (χ3n) is 4.08. The molecule has 1 fully saturated rings. The number of carbonyl (C=O) groups excluding carboxylic acids is 2. The Morgan fingerprint density at radius 1 is 1.13 bits per heavy atom. The molecule has 2 amide bonds. The standard InChI is InChI=1S/C17H20N2O3S/c1-3-22-17(21)19-10-8-18(9-11-19)16(20)15-12(2)23-14-7-5-4-6-13(14)15/h4-7H,3,8-11H2,1-2H3. The first-order chi connectivity index (χ1) is 11.1. The Morgan fingerprint density at radius 3 is 2.48 bits per heavy atom. The van der Waals surface area contributed by atoms with Gasteiger partial charge in [0.15, 0.2) is 0 Å². The molecule has 0 bridgehead atoms. The van der Waals surface area contributed by atoms with Crippen LogP contribution >= 0.6 is 11.3 Å². The van der Waals surface area contributed by atoms with Crippen LogP contribution in [0, 0.1) is 6.92 Å². The van der Waals surface area contributed by atoms with Crippen LogP contribution in [0.3, 0.4) is 0 Å². The van der Waals surface area contributed by atoms with Crippen molar-refractivity contribution in [2.24, 2.45) is 0 Å². The van der Waals surface area contributed by atoms with Crippen molar-refractivity contribution in [3.8, 4) is 0 Å². The lowest BCUT2D eigenvalue weighted by Crippen LogP contribution is -2.50. The van der Waals surface area contributed by atoms with Gasteiger partial charge in [0.1, 0.15) is 0 Å². The quantitative estimate of drug-likeness (QED) is 0.849. The van der Waals surface area contributed by atoms with Gasteiger partial charge in [-0.15, -0.1) is 11.3 Å². The van der Waals surface area contributed by atoms with Gasteiger partial charge in [-0.1, -0.05) is 18.2 Å². The molecular formula is C17H20N2O3S. The summed E-state index contributed by atoms with van der Waals surface area (Å²) in [6, 6.07) is 8.00.